The van der Waals surface area contributed by atoms with E-state index in [1.165, 1.54) is 18.2 Å². The Kier molecular flexibility index (Phi) is 6.47. The van der Waals surface area contributed by atoms with Gasteiger partial charge in [-0.1, -0.05) is 39.1 Å². The van der Waals surface area contributed by atoms with Crippen LogP contribution in [0.1, 0.15) is 10.4 Å². The average molecular weight is 498 g/mol. The molecule has 148 valence electrons. The minimum Gasteiger partial charge on any atom is -0.334 e. The molecule has 0 aliphatic carbocycles. The molecule has 0 fully saturated rings. The minimum atomic E-state index is -0.678. The van der Waals surface area contributed by atoms with Gasteiger partial charge in [-0.2, -0.15) is 0 Å². The number of hydrogen-bond donors (Lipinski definition) is 3. The highest BCUT2D eigenvalue weighted by molar-refractivity contribution is 9.10. The van der Waals surface area contributed by atoms with E-state index in [2.05, 4.69) is 42.1 Å². The van der Waals surface area contributed by atoms with E-state index >= 15 is 0 Å². The molecule has 0 unspecified atom stereocenters. The highest BCUT2D eigenvalue weighted by Gasteiger charge is 2.24. The fourth-order valence-corrected chi connectivity index (χ4v) is 3.08. The number of nitrogens with zero attached hydrogens (tertiary/aromatic N) is 3. The predicted molar refractivity (Wildman–Crippen MR) is 114 cm³/mol. The lowest BCUT2D eigenvalue weighted by Crippen LogP contribution is -2.30. The first-order valence-electron chi connectivity index (χ1n) is 7.88. The topological polar surface area (TPSA) is 122 Å². The van der Waals surface area contributed by atoms with Gasteiger partial charge in [0.2, 0.25) is 11.6 Å². The number of carbonyl (C=O) groups is 1. The molecule has 3 aromatic rings. The molecule has 0 bridgehead atoms. The number of anilines is 3. The number of hydrazine groups is 1. The number of hydrogen-bond acceptors (Lipinski definition) is 7. The molecular formula is C17H11BrCl2N6O3. The van der Waals surface area contributed by atoms with E-state index in [1.54, 1.807) is 24.3 Å². The van der Waals surface area contributed by atoms with Crippen molar-refractivity contribution in [2.75, 3.05) is 10.7 Å². The zero-order valence-electron chi connectivity index (χ0n) is 14.3. The van der Waals surface area contributed by atoms with Gasteiger partial charge >= 0.3 is 5.69 Å². The van der Waals surface area contributed by atoms with E-state index in [4.69, 9.17) is 23.2 Å². The molecule has 0 spiro atoms. The maximum Gasteiger partial charge on any atom is 0.355 e. The predicted octanol–water partition coefficient (Wildman–Crippen LogP) is 4.95. The molecule has 1 heterocycles. The fraction of sp³-hybridized carbons (Fsp3) is 0. The first-order chi connectivity index (χ1) is 13.8. The van der Waals surface area contributed by atoms with Crippen LogP contribution in [0.15, 0.2) is 53.3 Å². The third-order valence-electron chi connectivity index (χ3n) is 3.53. The van der Waals surface area contributed by atoms with Crippen LogP contribution in [-0.2, 0) is 0 Å². The number of nitrogens with one attached hydrogen (secondary N) is 3. The van der Waals surface area contributed by atoms with E-state index in [0.717, 1.165) is 10.8 Å². The van der Waals surface area contributed by atoms with Gasteiger partial charge in [0.05, 0.1) is 4.92 Å². The maximum absolute atomic E-state index is 12.2. The summed E-state index contributed by atoms with van der Waals surface area (Å²) in [5.41, 5.74) is 5.11. The van der Waals surface area contributed by atoms with Gasteiger partial charge in [-0.3, -0.25) is 25.8 Å². The number of nitro groups is 1. The Balaban J connectivity index is 1.83. The third-order valence-corrected chi connectivity index (χ3v) is 4.50. The summed E-state index contributed by atoms with van der Waals surface area (Å²) in [5, 5.41) is 15.1. The van der Waals surface area contributed by atoms with Crippen molar-refractivity contribution in [2.24, 2.45) is 0 Å². The Morgan fingerprint density at radius 3 is 2.28 bits per heavy atom. The molecule has 29 heavy (non-hydrogen) atoms. The molecule has 3 rings (SSSR count). The van der Waals surface area contributed by atoms with Crippen LogP contribution in [0.25, 0.3) is 0 Å². The molecular weight excluding hydrogens is 487 g/mol. The van der Waals surface area contributed by atoms with Gasteiger partial charge in [-0.25, -0.2) is 9.97 Å². The zero-order valence-corrected chi connectivity index (χ0v) is 17.4. The lowest BCUT2D eigenvalue weighted by Gasteiger charge is -2.11. The van der Waals surface area contributed by atoms with Gasteiger partial charge in [-0.05, 0) is 42.5 Å². The number of benzene rings is 2. The number of aromatic nitrogens is 2. The van der Waals surface area contributed by atoms with Crippen LogP contribution in [0.3, 0.4) is 0 Å². The monoisotopic (exact) mass is 496 g/mol. The largest absolute Gasteiger partial charge is 0.355 e. The van der Waals surface area contributed by atoms with Gasteiger partial charge < -0.3 is 5.32 Å². The van der Waals surface area contributed by atoms with E-state index < -0.39 is 16.5 Å². The summed E-state index contributed by atoms with van der Waals surface area (Å²) in [7, 11) is 0. The number of halogens is 3. The van der Waals surface area contributed by atoms with Gasteiger partial charge in [0, 0.05) is 25.8 Å². The molecule has 12 heteroatoms. The molecule has 0 aliphatic rings. The van der Waals surface area contributed by atoms with Gasteiger partial charge in [0.15, 0.2) is 0 Å². The van der Waals surface area contributed by atoms with Crippen LogP contribution in [-0.4, -0.2) is 20.8 Å². The van der Waals surface area contributed by atoms with Gasteiger partial charge in [-0.15, -0.1) is 0 Å². The second-order valence-electron chi connectivity index (χ2n) is 5.55. The number of amides is 1. The summed E-state index contributed by atoms with van der Waals surface area (Å²) in [4.78, 5) is 30.9. The first-order valence-corrected chi connectivity index (χ1v) is 9.43. The van der Waals surface area contributed by atoms with Gasteiger partial charge in [0.25, 0.3) is 5.91 Å². The maximum atomic E-state index is 12.2. The SMILES string of the molecule is O=C(NNc1ncnc(Nc2cc(Cl)cc(Cl)c2)c1[N+](=O)[O-])c1ccc(Br)cc1. The molecule has 0 saturated carbocycles. The molecule has 0 atom stereocenters. The standard InChI is InChI=1S/C17H11BrCl2N6O3/c18-10-3-1-9(2-4-10)17(27)25-24-16-14(26(28)29)15(21-8-22-16)23-13-6-11(19)5-12(20)7-13/h1-8H,(H,25,27)(H2,21,22,23,24). The molecule has 2 aromatic carbocycles. The lowest BCUT2D eigenvalue weighted by molar-refractivity contribution is -0.383. The highest BCUT2D eigenvalue weighted by Crippen LogP contribution is 2.32. The number of rotatable bonds is 6. The Morgan fingerprint density at radius 1 is 1.03 bits per heavy atom. The van der Waals surface area contributed by atoms with Crippen molar-refractivity contribution >= 4 is 68.0 Å². The number of carbonyl (C=O) groups excluding carboxylic acids is 1. The molecule has 0 aliphatic heterocycles. The summed E-state index contributed by atoms with van der Waals surface area (Å²) in [6, 6.07) is 11.1. The molecule has 0 radical (unpaired) electrons. The minimum absolute atomic E-state index is 0.108. The average Bonchev–Trinajstić information content (AvgIpc) is 2.65. The highest BCUT2D eigenvalue weighted by atomic mass is 79.9. The van der Waals surface area contributed by atoms with Crippen LogP contribution >= 0.6 is 39.1 Å². The molecule has 9 nitrogen and oxygen atoms in total. The van der Waals surface area contributed by atoms with Crippen LogP contribution in [0.2, 0.25) is 10.0 Å². The summed E-state index contributed by atoms with van der Waals surface area (Å²) >= 11 is 15.2. The van der Waals surface area contributed by atoms with Crippen molar-refractivity contribution < 1.29 is 9.72 Å². The van der Waals surface area contributed by atoms with Crippen LogP contribution < -0.4 is 16.2 Å². The molecule has 0 saturated heterocycles. The lowest BCUT2D eigenvalue weighted by atomic mass is 10.2. The van der Waals surface area contributed by atoms with Crippen LogP contribution in [0.4, 0.5) is 23.0 Å². The Morgan fingerprint density at radius 2 is 1.66 bits per heavy atom. The van der Waals surface area contributed by atoms with Crippen molar-refractivity contribution in [1.82, 2.24) is 15.4 Å². The van der Waals surface area contributed by atoms with Crippen molar-refractivity contribution in [3.63, 3.8) is 0 Å². The normalized spacial score (nSPS) is 10.3. The van der Waals surface area contributed by atoms with Crippen molar-refractivity contribution in [3.05, 3.63) is 79.0 Å². The molecule has 1 aromatic heterocycles. The van der Waals surface area contributed by atoms with Crippen LogP contribution in [0, 0.1) is 10.1 Å². The molecule has 1 amide bonds. The van der Waals surface area contributed by atoms with E-state index in [0.29, 0.717) is 21.3 Å². The summed E-state index contributed by atoms with van der Waals surface area (Å²) in [5.74, 6) is -0.809. The Hall–Kier alpha value is -2.95. The zero-order chi connectivity index (χ0) is 21.0. The van der Waals surface area contributed by atoms with E-state index in [1.807, 2.05) is 0 Å². The summed E-state index contributed by atoms with van der Waals surface area (Å²) in [6.45, 7) is 0. The fourth-order valence-electron chi connectivity index (χ4n) is 2.29. The second kappa shape index (κ2) is 9.03. The van der Waals surface area contributed by atoms with Gasteiger partial charge in [0.1, 0.15) is 6.33 Å². The molecule has 3 N–H and O–H groups in total. The van der Waals surface area contributed by atoms with Crippen molar-refractivity contribution in [2.45, 2.75) is 0 Å². The Labute approximate surface area is 182 Å². The third kappa shape index (κ3) is 5.31. The second-order valence-corrected chi connectivity index (χ2v) is 7.33. The van der Waals surface area contributed by atoms with Crippen molar-refractivity contribution in [1.29, 1.82) is 0 Å². The van der Waals surface area contributed by atoms with E-state index in [-0.39, 0.29) is 11.6 Å². The summed E-state index contributed by atoms with van der Waals surface area (Å²) in [6.07, 6.45) is 1.11. The smallest absolute Gasteiger partial charge is 0.334 e. The van der Waals surface area contributed by atoms with Crippen LogP contribution in [0.5, 0.6) is 0 Å². The first kappa shape index (κ1) is 20.8. The van der Waals surface area contributed by atoms with Crippen molar-refractivity contribution in [3.8, 4) is 0 Å². The quantitative estimate of drug-likeness (QED) is 0.325. The Bertz CT molecular complexity index is 1060. The van der Waals surface area contributed by atoms with E-state index in [9.17, 15) is 14.9 Å². The summed E-state index contributed by atoms with van der Waals surface area (Å²) < 4.78 is 0.810.